The molecule has 2 aromatic heterocycles. The van der Waals surface area contributed by atoms with E-state index >= 15 is 0 Å². The molecular formula is C11H12BrN3S. The molecule has 84 valence electrons. The molecule has 0 fully saturated rings. The van der Waals surface area contributed by atoms with Crippen molar-refractivity contribution in [2.45, 2.75) is 13.5 Å². The van der Waals surface area contributed by atoms with Crippen LogP contribution in [0, 0.1) is 0 Å². The van der Waals surface area contributed by atoms with Crippen molar-refractivity contribution >= 4 is 27.3 Å². The first-order valence-corrected chi connectivity index (χ1v) is 6.74. The molecule has 0 aliphatic carbocycles. The van der Waals surface area contributed by atoms with Gasteiger partial charge >= 0.3 is 0 Å². The highest BCUT2D eigenvalue weighted by molar-refractivity contribution is 9.10. The molecule has 0 atom stereocenters. The lowest BCUT2D eigenvalue weighted by molar-refractivity contribution is 0.691. The molecule has 0 aliphatic heterocycles. The van der Waals surface area contributed by atoms with Crippen molar-refractivity contribution in [3.05, 3.63) is 34.0 Å². The fourth-order valence-electron chi connectivity index (χ4n) is 1.31. The summed E-state index contributed by atoms with van der Waals surface area (Å²) < 4.78 is 1.10. The topological polar surface area (TPSA) is 37.8 Å². The van der Waals surface area contributed by atoms with Crippen LogP contribution in [0.3, 0.4) is 0 Å². The molecule has 3 nitrogen and oxygen atoms in total. The van der Waals surface area contributed by atoms with E-state index in [1.807, 2.05) is 12.3 Å². The van der Waals surface area contributed by atoms with Gasteiger partial charge in [-0.3, -0.25) is 0 Å². The molecule has 2 aromatic rings. The minimum Gasteiger partial charge on any atom is -0.310 e. The summed E-state index contributed by atoms with van der Waals surface area (Å²) in [4.78, 5) is 9.90. The fraction of sp³-hybridized carbons (Fsp3) is 0.273. The molecule has 0 saturated heterocycles. The van der Waals surface area contributed by atoms with Crippen molar-refractivity contribution in [3.8, 4) is 10.6 Å². The van der Waals surface area contributed by atoms with E-state index in [1.54, 1.807) is 11.3 Å². The number of hydrogen-bond acceptors (Lipinski definition) is 4. The molecule has 5 heteroatoms. The Hall–Kier alpha value is -0.780. The summed E-state index contributed by atoms with van der Waals surface area (Å²) in [6, 6.07) is 4.01. The minimum absolute atomic E-state index is 0.719. The number of rotatable bonds is 4. The Balaban J connectivity index is 2.22. The van der Waals surface area contributed by atoms with Crippen LogP contribution >= 0.6 is 27.3 Å². The normalized spacial score (nSPS) is 10.6. The van der Waals surface area contributed by atoms with Crippen LogP contribution < -0.4 is 5.32 Å². The average Bonchev–Trinajstić information content (AvgIpc) is 2.74. The molecule has 2 heterocycles. The molecule has 1 N–H and O–H groups in total. The van der Waals surface area contributed by atoms with E-state index in [2.05, 4.69) is 49.6 Å². The molecule has 2 rings (SSSR count). The van der Waals surface area contributed by atoms with Crippen LogP contribution in [-0.2, 0) is 6.54 Å². The number of halogens is 1. The Kier molecular flexibility index (Phi) is 4.04. The zero-order valence-corrected chi connectivity index (χ0v) is 11.3. The zero-order chi connectivity index (χ0) is 11.4. The maximum absolute atomic E-state index is 4.51. The van der Waals surface area contributed by atoms with Gasteiger partial charge in [0.15, 0.2) is 0 Å². The largest absolute Gasteiger partial charge is 0.310 e. The Labute approximate surface area is 107 Å². The van der Waals surface area contributed by atoms with Crippen molar-refractivity contribution < 1.29 is 0 Å². The SMILES string of the molecule is CCNCc1nccc(-c2cc(Br)cs2)n1. The van der Waals surface area contributed by atoms with Crippen LogP contribution in [0.4, 0.5) is 0 Å². The Morgan fingerprint density at radius 3 is 3.06 bits per heavy atom. The van der Waals surface area contributed by atoms with Crippen molar-refractivity contribution in [2.24, 2.45) is 0 Å². The van der Waals surface area contributed by atoms with Gasteiger partial charge < -0.3 is 5.32 Å². The molecule has 0 saturated carbocycles. The first kappa shape index (κ1) is 11.7. The maximum Gasteiger partial charge on any atom is 0.142 e. The van der Waals surface area contributed by atoms with Crippen molar-refractivity contribution in [1.82, 2.24) is 15.3 Å². The molecule has 0 unspecified atom stereocenters. The first-order valence-electron chi connectivity index (χ1n) is 5.06. The fourth-order valence-corrected chi connectivity index (χ4v) is 2.70. The highest BCUT2D eigenvalue weighted by Crippen LogP contribution is 2.28. The molecule has 0 spiro atoms. The quantitative estimate of drug-likeness (QED) is 0.942. The van der Waals surface area contributed by atoms with Crippen LogP contribution in [0.5, 0.6) is 0 Å². The third kappa shape index (κ3) is 2.87. The van der Waals surface area contributed by atoms with Crippen LogP contribution in [0.1, 0.15) is 12.7 Å². The number of aromatic nitrogens is 2. The molecular weight excluding hydrogens is 286 g/mol. The van der Waals surface area contributed by atoms with Crippen LogP contribution in [0.15, 0.2) is 28.2 Å². The van der Waals surface area contributed by atoms with Gasteiger partial charge in [0.1, 0.15) is 5.82 Å². The summed E-state index contributed by atoms with van der Waals surface area (Å²) in [5, 5.41) is 5.27. The van der Waals surface area contributed by atoms with Gasteiger partial charge in [-0.05, 0) is 34.6 Å². The van der Waals surface area contributed by atoms with E-state index in [-0.39, 0.29) is 0 Å². The van der Waals surface area contributed by atoms with E-state index in [0.29, 0.717) is 0 Å². The van der Waals surface area contributed by atoms with E-state index in [0.717, 1.165) is 34.0 Å². The molecule has 16 heavy (non-hydrogen) atoms. The van der Waals surface area contributed by atoms with Gasteiger partial charge in [0.05, 0.1) is 17.1 Å². The Morgan fingerprint density at radius 2 is 2.38 bits per heavy atom. The van der Waals surface area contributed by atoms with Gasteiger partial charge in [-0.2, -0.15) is 0 Å². The standard InChI is InChI=1S/C11H12BrN3S/c1-2-13-6-11-14-4-3-9(15-11)10-5-8(12)7-16-10/h3-5,7,13H,2,6H2,1H3. The Morgan fingerprint density at radius 1 is 1.50 bits per heavy atom. The average molecular weight is 298 g/mol. The number of nitrogens with zero attached hydrogens (tertiary/aromatic N) is 2. The number of nitrogens with one attached hydrogen (secondary N) is 1. The third-order valence-electron chi connectivity index (χ3n) is 2.06. The van der Waals surface area contributed by atoms with E-state index in [4.69, 9.17) is 0 Å². The van der Waals surface area contributed by atoms with Gasteiger partial charge in [-0.1, -0.05) is 6.92 Å². The smallest absolute Gasteiger partial charge is 0.142 e. The second-order valence-electron chi connectivity index (χ2n) is 3.27. The summed E-state index contributed by atoms with van der Waals surface area (Å²) >= 11 is 5.12. The lowest BCUT2D eigenvalue weighted by Gasteiger charge is -2.02. The molecule has 0 radical (unpaired) electrons. The molecule has 0 aliphatic rings. The Bertz CT molecular complexity index is 470. The lowest BCUT2D eigenvalue weighted by Crippen LogP contribution is -2.14. The summed E-state index contributed by atoms with van der Waals surface area (Å²) in [6.45, 7) is 3.72. The summed E-state index contributed by atoms with van der Waals surface area (Å²) in [6.07, 6.45) is 1.81. The first-order chi connectivity index (χ1) is 7.79. The third-order valence-corrected chi connectivity index (χ3v) is 3.77. The van der Waals surface area contributed by atoms with Gasteiger partial charge in [-0.15, -0.1) is 11.3 Å². The van der Waals surface area contributed by atoms with E-state index in [9.17, 15) is 0 Å². The van der Waals surface area contributed by atoms with Crippen molar-refractivity contribution in [1.29, 1.82) is 0 Å². The monoisotopic (exact) mass is 297 g/mol. The van der Waals surface area contributed by atoms with Gasteiger partial charge in [0.2, 0.25) is 0 Å². The second kappa shape index (κ2) is 5.52. The molecule has 0 bridgehead atoms. The summed E-state index contributed by atoms with van der Waals surface area (Å²) in [7, 11) is 0. The van der Waals surface area contributed by atoms with Crippen LogP contribution in [0.25, 0.3) is 10.6 Å². The highest BCUT2D eigenvalue weighted by atomic mass is 79.9. The van der Waals surface area contributed by atoms with Gasteiger partial charge in [-0.25, -0.2) is 9.97 Å². The van der Waals surface area contributed by atoms with Gasteiger partial charge in [0, 0.05) is 16.0 Å². The summed E-state index contributed by atoms with van der Waals surface area (Å²) in [5.41, 5.74) is 0.985. The zero-order valence-electron chi connectivity index (χ0n) is 8.90. The van der Waals surface area contributed by atoms with E-state index < -0.39 is 0 Å². The minimum atomic E-state index is 0.719. The number of hydrogen-bond donors (Lipinski definition) is 1. The van der Waals surface area contributed by atoms with Crippen LogP contribution in [0.2, 0.25) is 0 Å². The lowest BCUT2D eigenvalue weighted by atomic mass is 10.3. The van der Waals surface area contributed by atoms with Crippen LogP contribution in [-0.4, -0.2) is 16.5 Å². The number of thiophene rings is 1. The maximum atomic E-state index is 4.51. The van der Waals surface area contributed by atoms with Crippen molar-refractivity contribution in [2.75, 3.05) is 6.54 Å². The highest BCUT2D eigenvalue weighted by Gasteiger charge is 2.04. The van der Waals surface area contributed by atoms with E-state index in [1.165, 1.54) is 0 Å². The van der Waals surface area contributed by atoms with Gasteiger partial charge in [0.25, 0.3) is 0 Å². The summed E-state index contributed by atoms with van der Waals surface area (Å²) in [5.74, 6) is 0.837. The molecule has 0 amide bonds. The molecule has 0 aromatic carbocycles. The van der Waals surface area contributed by atoms with Crippen molar-refractivity contribution in [3.63, 3.8) is 0 Å². The second-order valence-corrected chi connectivity index (χ2v) is 5.09. The predicted octanol–water partition coefficient (Wildman–Crippen LogP) is 3.08. The predicted molar refractivity (Wildman–Crippen MR) is 70.4 cm³/mol.